The predicted octanol–water partition coefficient (Wildman–Crippen LogP) is 2.45. The van der Waals surface area contributed by atoms with Gasteiger partial charge in [-0.05, 0) is 5.92 Å². The van der Waals surface area contributed by atoms with Crippen LogP contribution >= 0.6 is 0 Å². The van der Waals surface area contributed by atoms with Crippen LogP contribution < -0.4 is 4.90 Å². The Morgan fingerprint density at radius 3 is 3.00 bits per heavy atom. The highest BCUT2D eigenvalue weighted by atomic mass is 15.2. The maximum absolute atomic E-state index is 4.42. The Hall–Kier alpha value is -1.91. The first-order valence-corrected chi connectivity index (χ1v) is 6.74. The number of nitrogens with one attached hydrogen (secondary N) is 1. The van der Waals surface area contributed by atoms with Crippen LogP contribution in [0.15, 0.2) is 18.6 Å². The van der Waals surface area contributed by atoms with Crippen LogP contribution in [0.1, 0.15) is 49.6 Å². The highest BCUT2D eigenvalue weighted by Gasteiger charge is 2.25. The highest BCUT2D eigenvalue weighted by molar-refractivity contribution is 5.44. The summed E-state index contributed by atoms with van der Waals surface area (Å²) >= 11 is 0. The number of aromatic nitrogens is 4. The molecule has 1 atom stereocenters. The molecule has 0 aromatic carbocycles. The Morgan fingerprint density at radius 2 is 2.21 bits per heavy atom. The minimum Gasteiger partial charge on any atom is -0.351 e. The smallest absolute Gasteiger partial charge is 0.132 e. The van der Waals surface area contributed by atoms with Crippen molar-refractivity contribution in [3.8, 4) is 0 Å². The van der Waals surface area contributed by atoms with Crippen molar-refractivity contribution in [1.29, 1.82) is 0 Å². The largest absolute Gasteiger partial charge is 0.351 e. The fraction of sp³-hybridized carbons (Fsp3) is 0.500. The standard InChI is InChI=1S/C14H19N5/c1-9(2)12-4-13(16-8-15-12)19-6-10(3)14-11(7-19)5-17-18-14/h4-5,8-10H,6-7H2,1-3H3,(H,17,18)/t10-/m1/s1. The first-order chi connectivity index (χ1) is 9.15. The molecule has 1 N–H and O–H groups in total. The molecule has 2 aromatic rings. The quantitative estimate of drug-likeness (QED) is 0.897. The summed E-state index contributed by atoms with van der Waals surface area (Å²) in [6, 6.07) is 2.10. The van der Waals surface area contributed by atoms with Crippen molar-refractivity contribution in [3.63, 3.8) is 0 Å². The van der Waals surface area contributed by atoms with E-state index in [1.165, 1.54) is 11.3 Å². The second kappa shape index (κ2) is 4.64. The van der Waals surface area contributed by atoms with Crippen molar-refractivity contribution in [1.82, 2.24) is 20.2 Å². The summed E-state index contributed by atoms with van der Waals surface area (Å²) in [4.78, 5) is 11.1. The maximum Gasteiger partial charge on any atom is 0.132 e. The number of rotatable bonds is 2. The monoisotopic (exact) mass is 257 g/mol. The van der Waals surface area contributed by atoms with Gasteiger partial charge in [-0.2, -0.15) is 5.10 Å². The van der Waals surface area contributed by atoms with E-state index in [-0.39, 0.29) is 0 Å². The lowest BCUT2D eigenvalue weighted by atomic mass is 9.98. The van der Waals surface area contributed by atoms with Crippen molar-refractivity contribution >= 4 is 5.82 Å². The molecule has 0 aliphatic carbocycles. The van der Waals surface area contributed by atoms with Gasteiger partial charge in [-0.25, -0.2) is 9.97 Å². The van der Waals surface area contributed by atoms with Gasteiger partial charge in [-0.1, -0.05) is 20.8 Å². The summed E-state index contributed by atoms with van der Waals surface area (Å²) < 4.78 is 0. The predicted molar refractivity (Wildman–Crippen MR) is 74.2 cm³/mol. The Bertz CT molecular complexity index is 575. The normalized spacial score (nSPS) is 18.7. The van der Waals surface area contributed by atoms with Crippen molar-refractivity contribution in [3.05, 3.63) is 35.5 Å². The third kappa shape index (κ3) is 2.20. The first kappa shape index (κ1) is 12.1. The van der Waals surface area contributed by atoms with Gasteiger partial charge in [0.25, 0.3) is 0 Å². The van der Waals surface area contributed by atoms with Gasteiger partial charge in [0.05, 0.1) is 6.20 Å². The summed E-state index contributed by atoms with van der Waals surface area (Å²) in [6.45, 7) is 8.35. The van der Waals surface area contributed by atoms with Crippen molar-refractivity contribution in [2.24, 2.45) is 0 Å². The van der Waals surface area contributed by atoms with Crippen molar-refractivity contribution < 1.29 is 0 Å². The average Bonchev–Trinajstić information content (AvgIpc) is 2.87. The van der Waals surface area contributed by atoms with Gasteiger partial charge in [-0.3, -0.25) is 5.10 Å². The molecule has 0 saturated heterocycles. The SMILES string of the molecule is CC(C)c1cc(N2Cc3cn[nH]c3[C@H](C)C2)ncn1. The van der Waals surface area contributed by atoms with Gasteiger partial charge in [0.2, 0.25) is 0 Å². The minimum atomic E-state index is 0.424. The van der Waals surface area contributed by atoms with E-state index in [1.807, 2.05) is 6.20 Å². The number of fused-ring (bicyclic) bond motifs is 1. The van der Waals surface area contributed by atoms with Crippen LogP contribution in [-0.4, -0.2) is 26.7 Å². The zero-order valence-corrected chi connectivity index (χ0v) is 11.6. The Balaban J connectivity index is 1.90. The molecule has 19 heavy (non-hydrogen) atoms. The van der Waals surface area contributed by atoms with E-state index >= 15 is 0 Å². The molecule has 0 fully saturated rings. The first-order valence-electron chi connectivity index (χ1n) is 6.74. The Morgan fingerprint density at radius 1 is 1.37 bits per heavy atom. The van der Waals surface area contributed by atoms with Crippen LogP contribution in [0.4, 0.5) is 5.82 Å². The molecule has 100 valence electrons. The molecule has 0 amide bonds. The molecular weight excluding hydrogens is 238 g/mol. The molecular formula is C14H19N5. The molecule has 1 aliphatic rings. The molecule has 3 rings (SSSR count). The van der Waals surface area contributed by atoms with E-state index in [0.717, 1.165) is 24.6 Å². The zero-order chi connectivity index (χ0) is 13.4. The van der Waals surface area contributed by atoms with E-state index < -0.39 is 0 Å². The van der Waals surface area contributed by atoms with Gasteiger partial charge in [0, 0.05) is 42.0 Å². The lowest BCUT2D eigenvalue weighted by Crippen LogP contribution is -2.33. The molecule has 0 unspecified atom stereocenters. The third-order valence-corrected chi connectivity index (χ3v) is 3.69. The summed E-state index contributed by atoms with van der Waals surface area (Å²) in [6.07, 6.45) is 3.59. The molecule has 0 spiro atoms. The third-order valence-electron chi connectivity index (χ3n) is 3.69. The van der Waals surface area contributed by atoms with Gasteiger partial charge in [0.15, 0.2) is 0 Å². The fourth-order valence-corrected chi connectivity index (χ4v) is 2.59. The van der Waals surface area contributed by atoms with Crippen LogP contribution in [0.25, 0.3) is 0 Å². The van der Waals surface area contributed by atoms with Crippen LogP contribution in [-0.2, 0) is 6.54 Å². The van der Waals surface area contributed by atoms with Crippen molar-refractivity contribution in [2.75, 3.05) is 11.4 Å². The van der Waals surface area contributed by atoms with Crippen molar-refractivity contribution in [2.45, 2.75) is 39.2 Å². The molecule has 5 nitrogen and oxygen atoms in total. The van der Waals surface area contributed by atoms with Crippen LogP contribution in [0, 0.1) is 0 Å². The fourth-order valence-electron chi connectivity index (χ4n) is 2.59. The van der Waals surface area contributed by atoms with Crippen LogP contribution in [0.2, 0.25) is 0 Å². The molecule has 0 bridgehead atoms. The Labute approximate surface area is 113 Å². The minimum absolute atomic E-state index is 0.424. The van der Waals surface area contributed by atoms with E-state index in [4.69, 9.17) is 0 Å². The van der Waals surface area contributed by atoms with Gasteiger partial charge < -0.3 is 4.90 Å². The van der Waals surface area contributed by atoms with Crippen LogP contribution in [0.3, 0.4) is 0 Å². The van der Waals surface area contributed by atoms with E-state index in [1.54, 1.807) is 6.33 Å². The van der Waals surface area contributed by atoms with Gasteiger partial charge >= 0.3 is 0 Å². The summed E-state index contributed by atoms with van der Waals surface area (Å²) in [5.41, 5.74) is 3.62. The topological polar surface area (TPSA) is 57.7 Å². The van der Waals surface area contributed by atoms with E-state index in [9.17, 15) is 0 Å². The number of nitrogens with zero attached hydrogens (tertiary/aromatic N) is 4. The molecule has 1 aliphatic heterocycles. The molecule has 3 heterocycles. The number of H-pyrrole nitrogens is 1. The zero-order valence-electron chi connectivity index (χ0n) is 11.6. The number of aromatic amines is 1. The maximum atomic E-state index is 4.42. The summed E-state index contributed by atoms with van der Waals surface area (Å²) in [5, 5.41) is 7.24. The Kier molecular flexibility index (Phi) is 2.97. The second-order valence-corrected chi connectivity index (χ2v) is 5.55. The van der Waals surface area contributed by atoms with Gasteiger partial charge in [0.1, 0.15) is 12.1 Å². The lowest BCUT2D eigenvalue weighted by molar-refractivity contribution is 0.618. The molecule has 0 radical (unpaired) electrons. The van der Waals surface area contributed by atoms with E-state index in [2.05, 4.69) is 51.9 Å². The van der Waals surface area contributed by atoms with Gasteiger partial charge in [-0.15, -0.1) is 0 Å². The molecule has 0 saturated carbocycles. The van der Waals surface area contributed by atoms with E-state index in [0.29, 0.717) is 11.8 Å². The number of anilines is 1. The number of hydrogen-bond acceptors (Lipinski definition) is 4. The molecule has 5 heteroatoms. The lowest BCUT2D eigenvalue weighted by Gasteiger charge is -2.31. The molecule has 2 aromatic heterocycles. The summed E-state index contributed by atoms with van der Waals surface area (Å²) in [5.74, 6) is 1.88. The highest BCUT2D eigenvalue weighted by Crippen LogP contribution is 2.29. The van der Waals surface area contributed by atoms with Crippen LogP contribution in [0.5, 0.6) is 0 Å². The summed E-state index contributed by atoms with van der Waals surface area (Å²) in [7, 11) is 0. The second-order valence-electron chi connectivity index (χ2n) is 5.55. The average molecular weight is 257 g/mol. The number of hydrogen-bond donors (Lipinski definition) is 1.